The maximum absolute atomic E-state index is 9.47. The highest BCUT2D eigenvalue weighted by atomic mass is 32.2. The largest absolute Gasteiger partial charge is 0.382 e. The number of rotatable bonds is 9. The highest BCUT2D eigenvalue weighted by Crippen LogP contribution is 2.27. The first kappa shape index (κ1) is 19.0. The van der Waals surface area contributed by atoms with Gasteiger partial charge in [-0.1, -0.05) is 6.07 Å². The fraction of sp³-hybridized carbons (Fsp3) is 0.278. The number of aromatic amines is 1. The molecule has 2 heterocycles. The van der Waals surface area contributed by atoms with Crippen LogP contribution in [0.15, 0.2) is 41.6 Å². The van der Waals surface area contributed by atoms with Crippen molar-refractivity contribution in [2.75, 3.05) is 32.7 Å². The summed E-state index contributed by atoms with van der Waals surface area (Å²) in [5.41, 5.74) is 2.17. The van der Waals surface area contributed by atoms with E-state index in [4.69, 9.17) is 9.47 Å². The third-order valence-electron chi connectivity index (χ3n) is 3.62. The Hall–Kier alpha value is -2.80. The lowest BCUT2D eigenvalue weighted by molar-refractivity contribution is 0.0790. The molecule has 3 aromatic rings. The normalized spacial score (nSPS) is 10.7. The van der Waals surface area contributed by atoms with Gasteiger partial charge in [-0.05, 0) is 18.2 Å². The molecule has 0 aliphatic carbocycles. The lowest BCUT2D eigenvalue weighted by Gasteiger charge is -2.06. The molecule has 0 aliphatic rings. The maximum Gasteiger partial charge on any atom is 0.183 e. The predicted molar refractivity (Wildman–Crippen MR) is 101 cm³/mol. The smallest absolute Gasteiger partial charge is 0.183 e. The minimum absolute atomic E-state index is 0.532. The molecule has 8 nitrogen and oxygen atoms in total. The molecular weight excluding hydrogens is 364 g/mol. The number of hydrogen-bond donors (Lipinski definition) is 1. The fourth-order valence-electron chi connectivity index (χ4n) is 2.29. The van der Waals surface area contributed by atoms with Crippen LogP contribution in [0.25, 0.3) is 22.8 Å². The zero-order chi connectivity index (χ0) is 18.9. The quantitative estimate of drug-likeness (QED) is 0.444. The second-order valence-electron chi connectivity index (χ2n) is 5.42. The van der Waals surface area contributed by atoms with Crippen molar-refractivity contribution in [3.63, 3.8) is 0 Å². The molecule has 0 fully saturated rings. The molecule has 0 atom stereocenters. The average Bonchev–Trinajstić information content (AvgIpc) is 3.21. The van der Waals surface area contributed by atoms with Crippen LogP contribution in [0.4, 0.5) is 0 Å². The van der Waals surface area contributed by atoms with Crippen molar-refractivity contribution < 1.29 is 9.47 Å². The second kappa shape index (κ2) is 9.78. The summed E-state index contributed by atoms with van der Waals surface area (Å²) in [5.74, 6) is 1.89. The van der Waals surface area contributed by atoms with E-state index >= 15 is 0 Å². The van der Waals surface area contributed by atoms with E-state index in [0.29, 0.717) is 37.0 Å². The maximum atomic E-state index is 9.47. The van der Waals surface area contributed by atoms with Gasteiger partial charge >= 0.3 is 0 Å². The van der Waals surface area contributed by atoms with Crippen molar-refractivity contribution in [2.24, 2.45) is 0 Å². The van der Waals surface area contributed by atoms with Gasteiger partial charge in [0, 0.05) is 28.9 Å². The molecule has 138 valence electrons. The summed E-state index contributed by atoms with van der Waals surface area (Å²) in [6, 6.07) is 9.68. The third kappa shape index (κ3) is 5.10. The van der Waals surface area contributed by atoms with Gasteiger partial charge < -0.3 is 9.47 Å². The monoisotopic (exact) mass is 382 g/mol. The Kier molecular flexibility index (Phi) is 6.87. The number of nitriles is 1. The van der Waals surface area contributed by atoms with E-state index in [2.05, 4.69) is 31.4 Å². The molecule has 9 heteroatoms. The van der Waals surface area contributed by atoms with E-state index in [9.17, 15) is 5.26 Å². The van der Waals surface area contributed by atoms with Crippen molar-refractivity contribution >= 4 is 11.8 Å². The van der Waals surface area contributed by atoms with Crippen molar-refractivity contribution in [1.29, 1.82) is 5.26 Å². The summed E-state index contributed by atoms with van der Waals surface area (Å²) in [4.78, 5) is 5.39. The van der Waals surface area contributed by atoms with Crippen LogP contribution in [0.1, 0.15) is 5.56 Å². The van der Waals surface area contributed by atoms with Crippen LogP contribution in [-0.4, -0.2) is 58.1 Å². The number of methoxy groups -OCH3 is 1. The molecule has 0 amide bonds. The van der Waals surface area contributed by atoms with Gasteiger partial charge in [0.05, 0.1) is 37.8 Å². The highest BCUT2D eigenvalue weighted by Gasteiger charge is 2.11. The number of thioether (sulfide) groups is 1. The Morgan fingerprint density at radius 2 is 2.07 bits per heavy atom. The van der Waals surface area contributed by atoms with Gasteiger partial charge in [-0.25, -0.2) is 4.98 Å². The van der Waals surface area contributed by atoms with E-state index in [1.54, 1.807) is 37.3 Å². The van der Waals surface area contributed by atoms with Gasteiger partial charge in [-0.2, -0.15) is 20.6 Å². The number of H-pyrrole nitrogens is 1. The van der Waals surface area contributed by atoms with Gasteiger partial charge in [0.25, 0.3) is 0 Å². The number of nitrogens with one attached hydrogen (secondary N) is 1. The van der Waals surface area contributed by atoms with E-state index in [1.807, 2.05) is 18.2 Å². The van der Waals surface area contributed by atoms with Crippen molar-refractivity contribution in [2.45, 2.75) is 4.90 Å². The van der Waals surface area contributed by atoms with Crippen LogP contribution in [0, 0.1) is 11.3 Å². The van der Waals surface area contributed by atoms with Crippen LogP contribution >= 0.6 is 11.8 Å². The zero-order valence-corrected chi connectivity index (χ0v) is 15.6. The summed E-state index contributed by atoms with van der Waals surface area (Å²) in [6.07, 6.45) is 3.19. The Morgan fingerprint density at radius 1 is 1.15 bits per heavy atom. The topological polar surface area (TPSA) is 110 Å². The highest BCUT2D eigenvalue weighted by molar-refractivity contribution is 7.99. The molecule has 0 spiro atoms. The Bertz CT molecular complexity index is 910. The molecular formula is C18H18N6O2S. The minimum Gasteiger partial charge on any atom is -0.382 e. The molecule has 0 aliphatic heterocycles. The first-order chi connectivity index (χ1) is 13.3. The number of ether oxygens (including phenoxy) is 2. The van der Waals surface area contributed by atoms with Crippen LogP contribution < -0.4 is 0 Å². The van der Waals surface area contributed by atoms with E-state index in [-0.39, 0.29) is 0 Å². The van der Waals surface area contributed by atoms with Crippen LogP contribution in [-0.2, 0) is 9.47 Å². The fourth-order valence-corrected chi connectivity index (χ4v) is 3.13. The number of hydrogen-bond acceptors (Lipinski definition) is 8. The molecule has 0 radical (unpaired) electrons. The van der Waals surface area contributed by atoms with Crippen LogP contribution in [0.3, 0.4) is 0 Å². The average molecular weight is 382 g/mol. The van der Waals surface area contributed by atoms with Gasteiger partial charge in [0.15, 0.2) is 11.6 Å². The molecule has 0 saturated carbocycles. The van der Waals surface area contributed by atoms with E-state index in [1.165, 1.54) is 0 Å². The summed E-state index contributed by atoms with van der Waals surface area (Å²) >= 11 is 1.59. The standard InChI is InChI=1S/C18H18N6O2S/c1-25-6-7-26-8-9-27-16-3-2-13(10-15(16)11-19)17-22-18(24-23-17)14-4-5-20-21-12-14/h2-5,10,12H,6-9H2,1H3,(H,22,23,24). The zero-order valence-electron chi connectivity index (χ0n) is 14.8. The third-order valence-corrected chi connectivity index (χ3v) is 4.66. The Balaban J connectivity index is 1.68. The first-order valence-corrected chi connectivity index (χ1v) is 9.24. The number of aromatic nitrogens is 5. The summed E-state index contributed by atoms with van der Waals surface area (Å²) < 4.78 is 10.4. The van der Waals surface area contributed by atoms with Crippen LogP contribution in [0.5, 0.6) is 0 Å². The first-order valence-electron chi connectivity index (χ1n) is 8.25. The Labute approximate surface area is 161 Å². The molecule has 2 aromatic heterocycles. The second-order valence-corrected chi connectivity index (χ2v) is 6.55. The van der Waals surface area contributed by atoms with Crippen molar-refractivity contribution in [3.8, 4) is 28.8 Å². The van der Waals surface area contributed by atoms with E-state index < -0.39 is 0 Å². The van der Waals surface area contributed by atoms with Gasteiger partial charge in [0.1, 0.15) is 6.07 Å². The lowest BCUT2D eigenvalue weighted by Crippen LogP contribution is -2.04. The van der Waals surface area contributed by atoms with Gasteiger partial charge in [-0.3, -0.25) is 5.10 Å². The van der Waals surface area contributed by atoms with E-state index in [0.717, 1.165) is 21.8 Å². The minimum atomic E-state index is 0.532. The summed E-state index contributed by atoms with van der Waals surface area (Å²) in [7, 11) is 1.64. The van der Waals surface area contributed by atoms with Gasteiger partial charge in [-0.15, -0.1) is 11.8 Å². The summed E-state index contributed by atoms with van der Waals surface area (Å²) in [5, 5.41) is 24.2. The SMILES string of the molecule is COCCOCCSc1ccc(-c2nc(-c3ccnnc3)n[nH]2)cc1C#N. The van der Waals surface area contributed by atoms with Crippen molar-refractivity contribution in [3.05, 3.63) is 42.2 Å². The predicted octanol–water partition coefficient (Wildman–Crippen LogP) is 2.56. The number of benzene rings is 1. The number of nitrogens with zero attached hydrogens (tertiary/aromatic N) is 5. The lowest BCUT2D eigenvalue weighted by atomic mass is 10.1. The molecule has 3 rings (SSSR count). The van der Waals surface area contributed by atoms with Crippen LogP contribution in [0.2, 0.25) is 0 Å². The molecule has 0 unspecified atom stereocenters. The Morgan fingerprint density at radius 3 is 2.85 bits per heavy atom. The summed E-state index contributed by atoms with van der Waals surface area (Å²) in [6.45, 7) is 1.76. The molecule has 1 N–H and O–H groups in total. The molecule has 27 heavy (non-hydrogen) atoms. The molecule has 0 bridgehead atoms. The van der Waals surface area contributed by atoms with Crippen molar-refractivity contribution in [1.82, 2.24) is 25.4 Å². The molecule has 0 saturated heterocycles. The van der Waals surface area contributed by atoms with Gasteiger partial charge in [0.2, 0.25) is 0 Å². The molecule has 1 aromatic carbocycles.